The van der Waals surface area contributed by atoms with Gasteiger partial charge >= 0.3 is 0 Å². The minimum Gasteiger partial charge on any atom is -0.336 e. The summed E-state index contributed by atoms with van der Waals surface area (Å²) in [4.78, 5) is 17.0. The van der Waals surface area contributed by atoms with Crippen molar-refractivity contribution in [1.82, 2.24) is 9.80 Å². The molecule has 0 aliphatic carbocycles. The molecule has 1 saturated heterocycles. The van der Waals surface area contributed by atoms with E-state index in [-0.39, 0.29) is 5.91 Å². The quantitative estimate of drug-likeness (QED) is 0.814. The summed E-state index contributed by atoms with van der Waals surface area (Å²) < 4.78 is 0. The van der Waals surface area contributed by atoms with Gasteiger partial charge in [-0.25, -0.2) is 0 Å². The molecule has 1 amide bonds. The third kappa shape index (κ3) is 3.04. The average molecular weight is 303 g/mol. The third-order valence-corrected chi connectivity index (χ3v) is 4.25. The first kappa shape index (κ1) is 14.4. The van der Waals surface area contributed by atoms with E-state index in [9.17, 15) is 4.79 Å². The van der Waals surface area contributed by atoms with Crippen LogP contribution < -0.4 is 0 Å². The first-order chi connectivity index (χ1) is 10.3. The lowest BCUT2D eigenvalue weighted by Gasteiger charge is -2.34. The maximum Gasteiger partial charge on any atom is 0.254 e. The van der Waals surface area contributed by atoms with Crippen molar-refractivity contribution < 1.29 is 4.79 Å². The molecule has 0 radical (unpaired) electrons. The van der Waals surface area contributed by atoms with Gasteiger partial charge in [-0.15, -0.1) is 11.6 Å². The van der Waals surface area contributed by atoms with Gasteiger partial charge in [-0.2, -0.15) is 0 Å². The molecule has 2 aromatic rings. The summed E-state index contributed by atoms with van der Waals surface area (Å²) >= 11 is 5.77. The molecule has 3 rings (SSSR count). The van der Waals surface area contributed by atoms with E-state index in [0.717, 1.165) is 49.1 Å². The van der Waals surface area contributed by atoms with E-state index in [1.165, 1.54) is 0 Å². The van der Waals surface area contributed by atoms with Gasteiger partial charge in [-0.1, -0.05) is 36.4 Å². The van der Waals surface area contributed by atoms with E-state index in [0.29, 0.717) is 5.88 Å². The number of fused-ring (bicyclic) bond motifs is 1. The predicted octanol–water partition coefficient (Wildman–Crippen LogP) is 2.84. The van der Waals surface area contributed by atoms with Crippen molar-refractivity contribution in [3.8, 4) is 0 Å². The summed E-state index contributed by atoms with van der Waals surface area (Å²) in [5, 5.41) is 2.15. The monoisotopic (exact) mass is 302 g/mol. The molecule has 110 valence electrons. The van der Waals surface area contributed by atoms with E-state index in [1.54, 1.807) is 0 Å². The lowest BCUT2D eigenvalue weighted by atomic mass is 10.0. The Morgan fingerprint density at radius 2 is 1.71 bits per heavy atom. The molecule has 0 aromatic heterocycles. The summed E-state index contributed by atoms with van der Waals surface area (Å²) in [5.41, 5.74) is 0.805. The van der Waals surface area contributed by atoms with Gasteiger partial charge < -0.3 is 4.90 Å². The van der Waals surface area contributed by atoms with Crippen LogP contribution in [0.1, 0.15) is 10.4 Å². The maximum absolute atomic E-state index is 12.8. The van der Waals surface area contributed by atoms with Gasteiger partial charge in [0.2, 0.25) is 0 Å². The Labute approximate surface area is 130 Å². The molecule has 1 heterocycles. The first-order valence-electron chi connectivity index (χ1n) is 7.35. The number of nitrogens with zero attached hydrogens (tertiary/aromatic N) is 2. The van der Waals surface area contributed by atoms with Crippen molar-refractivity contribution in [3.05, 3.63) is 48.0 Å². The second-order valence-corrected chi connectivity index (χ2v) is 5.73. The second-order valence-electron chi connectivity index (χ2n) is 5.35. The highest BCUT2D eigenvalue weighted by molar-refractivity contribution is 6.18. The number of alkyl halides is 1. The van der Waals surface area contributed by atoms with Gasteiger partial charge in [0.15, 0.2) is 0 Å². The van der Waals surface area contributed by atoms with Gasteiger partial charge in [0, 0.05) is 44.2 Å². The maximum atomic E-state index is 12.8. The van der Waals surface area contributed by atoms with Gasteiger partial charge in [0.05, 0.1) is 0 Å². The highest BCUT2D eigenvalue weighted by Gasteiger charge is 2.22. The summed E-state index contributed by atoms with van der Waals surface area (Å²) in [6, 6.07) is 14.0. The number of halogens is 1. The number of hydrogen-bond acceptors (Lipinski definition) is 2. The standard InChI is InChI=1S/C17H19ClN2O/c18-8-9-19-10-12-20(13-11-19)17(21)16-7-3-5-14-4-1-2-6-15(14)16/h1-7H,8-13H2. The average Bonchev–Trinajstić information content (AvgIpc) is 2.55. The molecule has 2 aromatic carbocycles. The lowest BCUT2D eigenvalue weighted by molar-refractivity contribution is 0.0646. The minimum atomic E-state index is 0.136. The molecule has 0 bridgehead atoms. The Morgan fingerprint density at radius 3 is 2.48 bits per heavy atom. The molecule has 4 heteroatoms. The number of hydrogen-bond donors (Lipinski definition) is 0. The second kappa shape index (κ2) is 6.46. The molecule has 3 nitrogen and oxygen atoms in total. The predicted molar refractivity (Wildman–Crippen MR) is 87.0 cm³/mol. The molecule has 21 heavy (non-hydrogen) atoms. The molecule has 0 unspecified atom stereocenters. The highest BCUT2D eigenvalue weighted by Crippen LogP contribution is 2.20. The Hall–Kier alpha value is -1.58. The van der Waals surface area contributed by atoms with Crippen molar-refractivity contribution in [2.45, 2.75) is 0 Å². The smallest absolute Gasteiger partial charge is 0.254 e. The van der Waals surface area contributed by atoms with Crippen molar-refractivity contribution in [2.75, 3.05) is 38.6 Å². The van der Waals surface area contributed by atoms with Gasteiger partial charge in [-0.3, -0.25) is 9.69 Å². The Balaban J connectivity index is 1.79. The number of amides is 1. The normalized spacial score (nSPS) is 16.3. The Bertz CT molecular complexity index is 630. The highest BCUT2D eigenvalue weighted by atomic mass is 35.5. The summed E-state index contributed by atoms with van der Waals surface area (Å²) in [7, 11) is 0. The zero-order valence-electron chi connectivity index (χ0n) is 12.0. The fourth-order valence-corrected chi connectivity index (χ4v) is 3.12. The molecule has 0 atom stereocenters. The van der Waals surface area contributed by atoms with Crippen LogP contribution in [0.2, 0.25) is 0 Å². The fourth-order valence-electron chi connectivity index (χ4n) is 2.88. The third-order valence-electron chi connectivity index (χ3n) is 4.08. The number of carbonyl (C=O) groups excluding carboxylic acids is 1. The van der Waals surface area contributed by atoms with Crippen LogP contribution in [0.3, 0.4) is 0 Å². The minimum absolute atomic E-state index is 0.136. The van der Waals surface area contributed by atoms with Crippen LogP contribution in [0.4, 0.5) is 0 Å². The zero-order chi connectivity index (χ0) is 14.7. The number of benzene rings is 2. The van der Waals surface area contributed by atoms with Crippen LogP contribution in [-0.4, -0.2) is 54.3 Å². The van der Waals surface area contributed by atoms with Gasteiger partial charge in [0.25, 0.3) is 5.91 Å². The van der Waals surface area contributed by atoms with Crippen molar-refractivity contribution >= 4 is 28.3 Å². The molecule has 1 aliphatic heterocycles. The number of carbonyl (C=O) groups is 1. The summed E-state index contributed by atoms with van der Waals surface area (Å²) in [6.07, 6.45) is 0. The molecule has 0 saturated carbocycles. The van der Waals surface area contributed by atoms with E-state index < -0.39 is 0 Å². The molecular formula is C17H19ClN2O. The molecule has 0 N–H and O–H groups in total. The van der Waals surface area contributed by atoms with Crippen molar-refractivity contribution in [1.29, 1.82) is 0 Å². The van der Waals surface area contributed by atoms with Crippen LogP contribution in [0.15, 0.2) is 42.5 Å². The van der Waals surface area contributed by atoms with Crippen molar-refractivity contribution in [2.24, 2.45) is 0 Å². The molecule has 0 spiro atoms. The number of piperazine rings is 1. The summed E-state index contributed by atoms with van der Waals surface area (Å²) in [5.74, 6) is 0.786. The fraction of sp³-hybridized carbons (Fsp3) is 0.353. The molecule has 1 aliphatic rings. The topological polar surface area (TPSA) is 23.6 Å². The van der Waals surface area contributed by atoms with E-state index in [2.05, 4.69) is 4.90 Å². The lowest BCUT2D eigenvalue weighted by Crippen LogP contribution is -2.49. The van der Waals surface area contributed by atoms with E-state index in [1.807, 2.05) is 47.4 Å². The Morgan fingerprint density at radius 1 is 1.00 bits per heavy atom. The molecular weight excluding hydrogens is 284 g/mol. The largest absolute Gasteiger partial charge is 0.336 e. The van der Waals surface area contributed by atoms with E-state index >= 15 is 0 Å². The van der Waals surface area contributed by atoms with Crippen LogP contribution in [0.25, 0.3) is 10.8 Å². The zero-order valence-corrected chi connectivity index (χ0v) is 12.7. The van der Waals surface area contributed by atoms with Crippen LogP contribution in [0.5, 0.6) is 0 Å². The van der Waals surface area contributed by atoms with E-state index in [4.69, 9.17) is 11.6 Å². The van der Waals surface area contributed by atoms with Gasteiger partial charge in [-0.05, 0) is 16.8 Å². The first-order valence-corrected chi connectivity index (χ1v) is 7.88. The van der Waals surface area contributed by atoms with Crippen molar-refractivity contribution in [3.63, 3.8) is 0 Å². The van der Waals surface area contributed by atoms with Crippen LogP contribution in [0, 0.1) is 0 Å². The van der Waals surface area contributed by atoms with Gasteiger partial charge in [0.1, 0.15) is 0 Å². The summed E-state index contributed by atoms with van der Waals surface area (Å²) in [6.45, 7) is 4.27. The SMILES string of the molecule is O=C(c1cccc2ccccc12)N1CCN(CCCl)CC1. The molecule has 1 fully saturated rings. The van der Waals surface area contributed by atoms with Crippen LogP contribution in [-0.2, 0) is 0 Å². The Kier molecular flexibility index (Phi) is 4.42. The van der Waals surface area contributed by atoms with Crippen LogP contribution >= 0.6 is 11.6 Å². The number of rotatable bonds is 3.